The zero-order valence-electron chi connectivity index (χ0n) is 11.0. The van der Waals surface area contributed by atoms with Crippen LogP contribution in [-0.2, 0) is 20.7 Å². The molecule has 0 spiro atoms. The molecule has 1 amide bonds. The first-order valence-corrected chi connectivity index (χ1v) is 6.87. The Labute approximate surface area is 116 Å². The van der Waals surface area contributed by atoms with Crippen molar-refractivity contribution in [3.8, 4) is 0 Å². The van der Waals surface area contributed by atoms with Crippen LogP contribution in [0.5, 0.6) is 0 Å². The third kappa shape index (κ3) is 2.41. The van der Waals surface area contributed by atoms with Crippen LogP contribution in [0.3, 0.4) is 0 Å². The predicted octanol–water partition coefficient (Wildman–Crippen LogP) is 1.28. The fourth-order valence-corrected chi connectivity index (χ4v) is 2.83. The molecule has 1 aromatic rings. The molecule has 1 unspecified atom stereocenters. The van der Waals surface area contributed by atoms with Gasteiger partial charge in [-0.25, -0.2) is 0 Å². The minimum absolute atomic E-state index is 0.0405. The van der Waals surface area contributed by atoms with Crippen molar-refractivity contribution in [2.45, 2.75) is 31.4 Å². The summed E-state index contributed by atoms with van der Waals surface area (Å²) >= 11 is 0. The van der Waals surface area contributed by atoms with Gasteiger partial charge in [0.25, 0.3) is 5.91 Å². The van der Waals surface area contributed by atoms with Crippen molar-refractivity contribution in [2.24, 2.45) is 5.92 Å². The molecule has 1 aliphatic heterocycles. The second-order valence-corrected chi connectivity index (χ2v) is 5.41. The number of carbonyl (C=O) groups is 2. The van der Waals surface area contributed by atoms with E-state index in [0.29, 0.717) is 19.4 Å². The van der Waals surface area contributed by atoms with Crippen LogP contribution in [-0.4, -0.2) is 29.6 Å². The Balaban J connectivity index is 1.63. The molecular weight excluding hydrogens is 258 g/mol. The fourth-order valence-electron chi connectivity index (χ4n) is 2.83. The van der Waals surface area contributed by atoms with E-state index in [1.807, 2.05) is 24.3 Å². The van der Waals surface area contributed by atoms with Gasteiger partial charge in [-0.05, 0) is 30.4 Å². The number of carboxylic acid groups (broad SMARTS) is 1. The van der Waals surface area contributed by atoms with Crippen molar-refractivity contribution >= 4 is 11.9 Å². The molecule has 2 N–H and O–H groups in total. The molecule has 1 aliphatic carbocycles. The molecule has 0 bridgehead atoms. The largest absolute Gasteiger partial charge is 0.481 e. The topological polar surface area (TPSA) is 75.6 Å². The summed E-state index contributed by atoms with van der Waals surface area (Å²) in [6, 6.07) is 7.75. The van der Waals surface area contributed by atoms with Crippen molar-refractivity contribution in [3.63, 3.8) is 0 Å². The van der Waals surface area contributed by atoms with Gasteiger partial charge in [-0.1, -0.05) is 24.3 Å². The van der Waals surface area contributed by atoms with Gasteiger partial charge >= 0.3 is 5.97 Å². The number of carboxylic acids is 1. The Kier molecular flexibility index (Phi) is 3.44. The van der Waals surface area contributed by atoms with E-state index in [9.17, 15) is 9.59 Å². The molecule has 106 valence electrons. The van der Waals surface area contributed by atoms with Crippen molar-refractivity contribution < 1.29 is 19.4 Å². The number of hydrogen-bond acceptors (Lipinski definition) is 3. The molecule has 1 atom stereocenters. The molecular formula is C15H17NO4. The van der Waals surface area contributed by atoms with E-state index < -0.39 is 12.1 Å². The first kappa shape index (κ1) is 13.1. The van der Waals surface area contributed by atoms with E-state index in [4.69, 9.17) is 9.84 Å². The Morgan fingerprint density at radius 2 is 2.00 bits per heavy atom. The summed E-state index contributed by atoms with van der Waals surface area (Å²) < 4.78 is 5.58. The SMILES string of the molecule is O=C(O)C1CC(NC(=O)C2OCCc3ccccc32)C1. The number of carbonyl (C=O) groups excluding carboxylic acids is 1. The third-order valence-electron chi connectivity index (χ3n) is 4.07. The number of amides is 1. The van der Waals surface area contributed by atoms with E-state index >= 15 is 0 Å². The van der Waals surface area contributed by atoms with Crippen molar-refractivity contribution in [1.29, 1.82) is 0 Å². The quantitative estimate of drug-likeness (QED) is 0.871. The Morgan fingerprint density at radius 3 is 2.75 bits per heavy atom. The number of rotatable bonds is 3. The summed E-state index contributed by atoms with van der Waals surface area (Å²) in [5.74, 6) is -1.26. The van der Waals surface area contributed by atoms with Gasteiger partial charge in [0.15, 0.2) is 6.10 Å². The summed E-state index contributed by atoms with van der Waals surface area (Å²) in [7, 11) is 0. The monoisotopic (exact) mass is 275 g/mol. The minimum atomic E-state index is -0.783. The van der Waals surface area contributed by atoms with Crippen LogP contribution in [0.25, 0.3) is 0 Å². The van der Waals surface area contributed by atoms with E-state index in [1.54, 1.807) is 0 Å². The molecule has 1 heterocycles. The summed E-state index contributed by atoms with van der Waals surface area (Å²) in [5, 5.41) is 11.7. The summed E-state index contributed by atoms with van der Waals surface area (Å²) in [6.07, 6.45) is 1.28. The average molecular weight is 275 g/mol. The number of hydrogen-bond donors (Lipinski definition) is 2. The number of fused-ring (bicyclic) bond motifs is 1. The van der Waals surface area contributed by atoms with Crippen molar-refractivity contribution in [3.05, 3.63) is 35.4 Å². The molecule has 0 radical (unpaired) electrons. The lowest BCUT2D eigenvalue weighted by Crippen LogP contribution is -2.48. The van der Waals surface area contributed by atoms with Crippen molar-refractivity contribution in [1.82, 2.24) is 5.32 Å². The second-order valence-electron chi connectivity index (χ2n) is 5.41. The Bertz CT molecular complexity index is 536. The highest BCUT2D eigenvalue weighted by Crippen LogP contribution is 2.30. The molecule has 0 aromatic heterocycles. The molecule has 5 heteroatoms. The number of benzene rings is 1. The second kappa shape index (κ2) is 5.25. The smallest absolute Gasteiger partial charge is 0.306 e. The van der Waals surface area contributed by atoms with Gasteiger partial charge in [0.2, 0.25) is 0 Å². The first-order valence-electron chi connectivity index (χ1n) is 6.87. The summed E-state index contributed by atoms with van der Waals surface area (Å²) in [6.45, 7) is 0.539. The lowest BCUT2D eigenvalue weighted by molar-refractivity contribution is -0.147. The highest BCUT2D eigenvalue weighted by molar-refractivity contribution is 5.83. The third-order valence-corrected chi connectivity index (χ3v) is 4.07. The van der Waals surface area contributed by atoms with Crippen LogP contribution in [0.1, 0.15) is 30.1 Å². The van der Waals surface area contributed by atoms with Gasteiger partial charge < -0.3 is 15.2 Å². The number of aliphatic carboxylic acids is 1. The van der Waals surface area contributed by atoms with E-state index in [0.717, 1.165) is 17.5 Å². The van der Waals surface area contributed by atoms with Crippen LogP contribution >= 0.6 is 0 Å². The standard InChI is InChI=1S/C15H17NO4/c17-14(16-11-7-10(8-11)15(18)19)13-12-4-2-1-3-9(12)5-6-20-13/h1-4,10-11,13H,5-8H2,(H,16,17)(H,18,19). The molecule has 2 aliphatic rings. The van der Waals surface area contributed by atoms with Gasteiger partial charge in [0, 0.05) is 6.04 Å². The first-order chi connectivity index (χ1) is 9.65. The molecule has 1 aromatic carbocycles. The van der Waals surface area contributed by atoms with Gasteiger partial charge in [-0.2, -0.15) is 0 Å². The zero-order valence-corrected chi connectivity index (χ0v) is 11.0. The molecule has 0 saturated heterocycles. The lowest BCUT2D eigenvalue weighted by Gasteiger charge is -2.34. The molecule has 3 rings (SSSR count). The predicted molar refractivity (Wildman–Crippen MR) is 71.1 cm³/mol. The van der Waals surface area contributed by atoms with E-state index in [2.05, 4.69) is 5.32 Å². The van der Waals surface area contributed by atoms with E-state index in [-0.39, 0.29) is 17.9 Å². The van der Waals surface area contributed by atoms with Crippen LogP contribution < -0.4 is 5.32 Å². The van der Waals surface area contributed by atoms with Gasteiger partial charge in [-0.15, -0.1) is 0 Å². The Hall–Kier alpha value is -1.88. The number of ether oxygens (including phenoxy) is 1. The highest BCUT2D eigenvalue weighted by atomic mass is 16.5. The summed E-state index contributed by atoms with van der Waals surface area (Å²) in [5.41, 5.74) is 2.07. The molecule has 1 fully saturated rings. The lowest BCUT2D eigenvalue weighted by atomic mass is 9.80. The molecule has 20 heavy (non-hydrogen) atoms. The Morgan fingerprint density at radius 1 is 1.25 bits per heavy atom. The molecule has 5 nitrogen and oxygen atoms in total. The normalized spacial score (nSPS) is 28.1. The van der Waals surface area contributed by atoms with Crippen LogP contribution in [0.2, 0.25) is 0 Å². The number of nitrogens with one attached hydrogen (secondary N) is 1. The maximum Gasteiger partial charge on any atom is 0.306 e. The van der Waals surface area contributed by atoms with Crippen LogP contribution in [0, 0.1) is 5.92 Å². The van der Waals surface area contributed by atoms with Crippen LogP contribution in [0.4, 0.5) is 0 Å². The summed E-state index contributed by atoms with van der Waals surface area (Å²) in [4.78, 5) is 23.0. The van der Waals surface area contributed by atoms with Crippen molar-refractivity contribution in [2.75, 3.05) is 6.61 Å². The highest BCUT2D eigenvalue weighted by Gasteiger charge is 2.37. The maximum atomic E-state index is 12.3. The minimum Gasteiger partial charge on any atom is -0.481 e. The zero-order chi connectivity index (χ0) is 14.1. The van der Waals surface area contributed by atoms with E-state index in [1.165, 1.54) is 0 Å². The maximum absolute atomic E-state index is 12.3. The fraction of sp³-hybridized carbons (Fsp3) is 0.467. The molecule has 1 saturated carbocycles. The van der Waals surface area contributed by atoms with Gasteiger partial charge in [0.05, 0.1) is 12.5 Å². The van der Waals surface area contributed by atoms with Gasteiger partial charge in [-0.3, -0.25) is 9.59 Å². The van der Waals surface area contributed by atoms with Crippen LogP contribution in [0.15, 0.2) is 24.3 Å². The average Bonchev–Trinajstić information content (AvgIpc) is 2.41. The van der Waals surface area contributed by atoms with Gasteiger partial charge in [0.1, 0.15) is 0 Å².